The average molecular weight is 177 g/mol. The zero-order valence-electron chi connectivity index (χ0n) is 6.86. The highest BCUT2D eigenvalue weighted by Crippen LogP contribution is 2.00. The van der Waals surface area contributed by atoms with Crippen LogP contribution in [-0.2, 0) is 4.79 Å². The number of benzene rings is 1. The van der Waals surface area contributed by atoms with E-state index < -0.39 is 11.9 Å². The van der Waals surface area contributed by atoms with Crippen molar-refractivity contribution in [1.82, 2.24) is 5.32 Å². The van der Waals surface area contributed by atoms with Crippen LogP contribution in [0.1, 0.15) is 5.56 Å². The van der Waals surface area contributed by atoms with Gasteiger partial charge in [0.05, 0.1) is 6.42 Å². The lowest BCUT2D eigenvalue weighted by Crippen LogP contribution is -2.35. The van der Waals surface area contributed by atoms with Crippen LogP contribution in [0.4, 0.5) is 4.79 Å². The van der Waals surface area contributed by atoms with Crippen molar-refractivity contribution in [3.8, 4) is 0 Å². The lowest BCUT2D eigenvalue weighted by molar-refractivity contribution is -0.116. The fourth-order valence-corrected chi connectivity index (χ4v) is 0.858. The van der Waals surface area contributed by atoms with Crippen molar-refractivity contribution in [1.29, 1.82) is 0 Å². The molecule has 0 atom stereocenters. The van der Waals surface area contributed by atoms with Gasteiger partial charge in [-0.3, -0.25) is 10.1 Å². The van der Waals surface area contributed by atoms with Crippen molar-refractivity contribution in [2.75, 3.05) is 0 Å². The van der Waals surface area contributed by atoms with E-state index in [-0.39, 0.29) is 0 Å². The van der Waals surface area contributed by atoms with E-state index in [1.54, 1.807) is 24.3 Å². The molecule has 1 radical (unpaired) electrons. The van der Waals surface area contributed by atoms with Gasteiger partial charge in [0.1, 0.15) is 0 Å². The third kappa shape index (κ3) is 3.37. The number of hydrogen-bond donors (Lipinski definition) is 2. The Bertz CT molecular complexity index is 309. The van der Waals surface area contributed by atoms with Gasteiger partial charge in [-0.15, -0.1) is 0 Å². The van der Waals surface area contributed by atoms with Gasteiger partial charge in [0.15, 0.2) is 0 Å². The summed E-state index contributed by atoms with van der Waals surface area (Å²) in [5.41, 5.74) is 5.48. The Morgan fingerprint density at radius 1 is 1.23 bits per heavy atom. The normalized spacial score (nSPS) is 9.23. The van der Waals surface area contributed by atoms with E-state index in [2.05, 4.69) is 0 Å². The Labute approximate surface area is 75.7 Å². The molecule has 1 aromatic carbocycles. The molecule has 13 heavy (non-hydrogen) atoms. The molecule has 67 valence electrons. The van der Waals surface area contributed by atoms with Crippen LogP contribution in [0.15, 0.2) is 30.3 Å². The first-order valence-corrected chi connectivity index (χ1v) is 3.68. The standard InChI is InChI=1S/C9H9N2O2/c10-9(13)11-8(12)6-7-4-2-1-3-5-7/h1-6H,(H3,10,11,12,13). The first kappa shape index (κ1) is 9.25. The van der Waals surface area contributed by atoms with E-state index in [0.29, 0.717) is 0 Å². The van der Waals surface area contributed by atoms with Crippen molar-refractivity contribution in [2.24, 2.45) is 5.73 Å². The van der Waals surface area contributed by atoms with Crippen molar-refractivity contribution >= 4 is 11.9 Å². The van der Waals surface area contributed by atoms with Gasteiger partial charge in [-0.05, 0) is 5.56 Å². The number of nitrogens with two attached hydrogens (primary N) is 1. The summed E-state index contributed by atoms with van der Waals surface area (Å²) in [4.78, 5) is 21.2. The van der Waals surface area contributed by atoms with E-state index in [9.17, 15) is 9.59 Å². The molecule has 0 fully saturated rings. The number of amides is 3. The Hall–Kier alpha value is -1.84. The molecule has 0 aromatic heterocycles. The summed E-state index contributed by atoms with van der Waals surface area (Å²) in [6.45, 7) is 0. The van der Waals surface area contributed by atoms with E-state index in [1.807, 2.05) is 11.4 Å². The van der Waals surface area contributed by atoms with Crippen LogP contribution >= 0.6 is 0 Å². The van der Waals surface area contributed by atoms with Gasteiger partial charge in [-0.1, -0.05) is 30.3 Å². The van der Waals surface area contributed by atoms with Crippen LogP contribution in [0.2, 0.25) is 0 Å². The van der Waals surface area contributed by atoms with Crippen LogP contribution in [0.5, 0.6) is 0 Å². The molecule has 0 spiro atoms. The molecule has 4 nitrogen and oxygen atoms in total. The zero-order valence-corrected chi connectivity index (χ0v) is 6.86. The zero-order chi connectivity index (χ0) is 9.68. The third-order valence-electron chi connectivity index (χ3n) is 1.34. The molecule has 1 aromatic rings. The fraction of sp³-hybridized carbons (Fsp3) is 0. The highest BCUT2D eigenvalue weighted by atomic mass is 16.2. The molecule has 0 bridgehead atoms. The molecule has 4 heteroatoms. The number of rotatable bonds is 2. The monoisotopic (exact) mass is 177 g/mol. The molecule has 3 N–H and O–H groups in total. The van der Waals surface area contributed by atoms with Gasteiger partial charge >= 0.3 is 6.03 Å². The Morgan fingerprint density at radius 3 is 2.38 bits per heavy atom. The van der Waals surface area contributed by atoms with Crippen LogP contribution < -0.4 is 11.1 Å². The minimum absolute atomic E-state index is 0.515. The Morgan fingerprint density at radius 2 is 1.85 bits per heavy atom. The summed E-state index contributed by atoms with van der Waals surface area (Å²) in [7, 11) is 0. The lowest BCUT2D eigenvalue weighted by Gasteiger charge is -1.99. The van der Waals surface area contributed by atoms with Gasteiger partial charge in [0.2, 0.25) is 5.91 Å². The average Bonchev–Trinajstić information content (AvgIpc) is 2.04. The molecular formula is C9H9N2O2. The summed E-state index contributed by atoms with van der Waals surface area (Å²) in [6.07, 6.45) is 1.30. The SMILES string of the molecule is NC(=O)NC(=O)[CH]c1ccccc1. The van der Waals surface area contributed by atoms with Crippen LogP contribution in [0, 0.1) is 6.42 Å². The van der Waals surface area contributed by atoms with Crippen molar-refractivity contribution in [3.63, 3.8) is 0 Å². The van der Waals surface area contributed by atoms with E-state index in [4.69, 9.17) is 5.73 Å². The van der Waals surface area contributed by atoms with Crippen LogP contribution in [0.25, 0.3) is 0 Å². The molecule has 0 aliphatic carbocycles. The summed E-state index contributed by atoms with van der Waals surface area (Å²) >= 11 is 0. The van der Waals surface area contributed by atoms with Gasteiger partial charge < -0.3 is 5.73 Å². The highest BCUT2D eigenvalue weighted by molar-refractivity contribution is 5.99. The van der Waals surface area contributed by atoms with Crippen molar-refractivity contribution < 1.29 is 9.59 Å². The minimum atomic E-state index is -0.850. The van der Waals surface area contributed by atoms with Gasteiger partial charge in [0, 0.05) is 0 Å². The number of imide groups is 1. The van der Waals surface area contributed by atoms with Gasteiger partial charge in [0.25, 0.3) is 0 Å². The molecule has 0 saturated heterocycles. The van der Waals surface area contributed by atoms with E-state index >= 15 is 0 Å². The first-order chi connectivity index (χ1) is 6.18. The lowest BCUT2D eigenvalue weighted by atomic mass is 10.1. The molecule has 3 amide bonds. The topological polar surface area (TPSA) is 72.2 Å². The maximum absolute atomic E-state index is 11.0. The number of primary amides is 1. The fourth-order valence-electron chi connectivity index (χ4n) is 0.858. The summed E-state index contributed by atoms with van der Waals surface area (Å²) < 4.78 is 0. The molecule has 1 rings (SSSR count). The van der Waals surface area contributed by atoms with E-state index in [1.165, 1.54) is 6.42 Å². The van der Waals surface area contributed by atoms with Crippen molar-refractivity contribution in [2.45, 2.75) is 0 Å². The predicted molar refractivity (Wildman–Crippen MR) is 47.6 cm³/mol. The van der Waals surface area contributed by atoms with Crippen LogP contribution in [-0.4, -0.2) is 11.9 Å². The minimum Gasteiger partial charge on any atom is -0.351 e. The first-order valence-electron chi connectivity index (χ1n) is 3.68. The van der Waals surface area contributed by atoms with Gasteiger partial charge in [-0.2, -0.15) is 0 Å². The number of carbonyl (C=O) groups is 2. The predicted octanol–water partition coefficient (Wildman–Crippen LogP) is 0.434. The Kier molecular flexibility index (Phi) is 3.03. The van der Waals surface area contributed by atoms with Gasteiger partial charge in [-0.25, -0.2) is 4.79 Å². The quantitative estimate of drug-likeness (QED) is 0.687. The molecule has 0 unspecified atom stereocenters. The van der Waals surface area contributed by atoms with E-state index in [0.717, 1.165) is 5.56 Å². The smallest absolute Gasteiger partial charge is 0.318 e. The van der Waals surface area contributed by atoms with Crippen LogP contribution in [0.3, 0.4) is 0 Å². The molecule has 0 saturated carbocycles. The Balaban J connectivity index is 2.50. The number of urea groups is 1. The molecule has 0 aliphatic heterocycles. The number of nitrogens with one attached hydrogen (secondary N) is 1. The number of carbonyl (C=O) groups excluding carboxylic acids is 2. The van der Waals surface area contributed by atoms with Crippen molar-refractivity contribution in [3.05, 3.63) is 42.3 Å². The summed E-state index contributed by atoms with van der Waals surface area (Å²) in [5.74, 6) is -0.515. The molecule has 0 heterocycles. The number of hydrogen-bond acceptors (Lipinski definition) is 2. The molecule has 0 aliphatic rings. The maximum atomic E-state index is 11.0. The maximum Gasteiger partial charge on any atom is 0.318 e. The highest BCUT2D eigenvalue weighted by Gasteiger charge is 2.04. The second-order valence-corrected chi connectivity index (χ2v) is 2.41. The third-order valence-corrected chi connectivity index (χ3v) is 1.34. The summed E-state index contributed by atoms with van der Waals surface area (Å²) in [6, 6.07) is 8.08. The largest absolute Gasteiger partial charge is 0.351 e. The summed E-state index contributed by atoms with van der Waals surface area (Å²) in [5, 5.41) is 1.94. The second kappa shape index (κ2) is 4.25. The second-order valence-electron chi connectivity index (χ2n) is 2.41. The molecular weight excluding hydrogens is 168 g/mol.